The van der Waals surface area contributed by atoms with Crippen LogP contribution in [0.15, 0.2) is 12.1 Å². The number of likely N-dealkylation sites (N-methyl/N-ethyl adjacent to an activating group) is 1. The number of hydrogen-bond acceptors (Lipinski definition) is 3. The zero-order chi connectivity index (χ0) is 20.6. The molecular weight excluding hydrogens is 357 g/mol. The summed E-state index contributed by atoms with van der Waals surface area (Å²) in [6, 6.07) is 3.21. The van der Waals surface area contributed by atoms with Crippen LogP contribution in [0.5, 0.6) is 5.75 Å². The van der Waals surface area contributed by atoms with Crippen LogP contribution < -0.4 is 5.73 Å². The van der Waals surface area contributed by atoms with Gasteiger partial charge in [0.15, 0.2) is 0 Å². The van der Waals surface area contributed by atoms with Gasteiger partial charge >= 0.3 is 6.18 Å². The predicted molar refractivity (Wildman–Crippen MR) is 98.4 cm³/mol. The van der Waals surface area contributed by atoms with Crippen LogP contribution in [0, 0.1) is 25.2 Å². The van der Waals surface area contributed by atoms with Crippen molar-refractivity contribution in [3.63, 3.8) is 0 Å². The van der Waals surface area contributed by atoms with E-state index in [2.05, 4.69) is 0 Å². The summed E-state index contributed by atoms with van der Waals surface area (Å²) in [6.45, 7) is 3.78. The highest BCUT2D eigenvalue weighted by Gasteiger charge is 2.63. The molecule has 0 saturated heterocycles. The minimum absolute atomic E-state index is 0.0725. The summed E-state index contributed by atoms with van der Waals surface area (Å²) in [6.07, 6.45) is -3.53. The number of nitrogens with two attached hydrogens (primary N) is 1. The minimum Gasteiger partial charge on any atom is -0.508 e. The topological polar surface area (TPSA) is 66.6 Å². The van der Waals surface area contributed by atoms with Gasteiger partial charge < -0.3 is 15.7 Å². The number of alkyl halides is 3. The van der Waals surface area contributed by atoms with E-state index in [1.165, 1.54) is 0 Å². The smallest absolute Gasteiger partial charge is 0.394 e. The molecule has 4 nitrogen and oxygen atoms in total. The van der Waals surface area contributed by atoms with E-state index in [1.54, 1.807) is 12.1 Å². The Hall–Kier alpha value is -1.76. The average Bonchev–Trinajstić information content (AvgIpc) is 3.28. The number of rotatable bonds is 8. The number of benzene rings is 1. The second-order valence-electron chi connectivity index (χ2n) is 8.20. The van der Waals surface area contributed by atoms with Crippen molar-refractivity contribution in [1.29, 1.82) is 0 Å². The first-order valence-electron chi connectivity index (χ1n) is 9.18. The number of phenolic OH excluding ortho intramolecular Hbond substituents is 1. The fourth-order valence-electron chi connectivity index (χ4n) is 3.86. The predicted octanol–water partition coefficient (Wildman–Crippen LogP) is 3.71. The van der Waals surface area contributed by atoms with Crippen molar-refractivity contribution < 1.29 is 23.1 Å². The molecule has 0 spiro atoms. The van der Waals surface area contributed by atoms with E-state index in [1.807, 2.05) is 32.8 Å². The quantitative estimate of drug-likeness (QED) is 0.716. The lowest BCUT2D eigenvalue weighted by Crippen LogP contribution is -2.39. The lowest BCUT2D eigenvalue weighted by atomic mass is 9.84. The van der Waals surface area contributed by atoms with Gasteiger partial charge in [-0.2, -0.15) is 13.2 Å². The zero-order valence-corrected chi connectivity index (χ0v) is 16.4. The molecule has 1 aromatic carbocycles. The molecule has 0 aromatic heterocycles. The van der Waals surface area contributed by atoms with E-state index in [-0.39, 0.29) is 37.5 Å². The SMILES string of the molecule is Cc1cc(O)cc(C)c1C[C@H](CC(CC1(C(F)(F)F)CC1)C(N)=O)N(C)C. The number of primary amides is 1. The Morgan fingerprint density at radius 2 is 1.78 bits per heavy atom. The van der Waals surface area contributed by atoms with Crippen molar-refractivity contribution in [2.75, 3.05) is 14.1 Å². The first kappa shape index (κ1) is 21.5. The number of carbonyl (C=O) groups excluding carboxylic acids is 1. The molecule has 1 aliphatic rings. The van der Waals surface area contributed by atoms with E-state index in [0.717, 1.165) is 16.7 Å². The molecule has 1 saturated carbocycles. The van der Waals surface area contributed by atoms with Crippen LogP contribution >= 0.6 is 0 Å². The van der Waals surface area contributed by atoms with Crippen LogP contribution in [0.25, 0.3) is 0 Å². The summed E-state index contributed by atoms with van der Waals surface area (Å²) in [5.74, 6) is -1.30. The average molecular weight is 386 g/mol. The largest absolute Gasteiger partial charge is 0.508 e. The van der Waals surface area contributed by atoms with Crippen molar-refractivity contribution in [2.45, 2.75) is 58.2 Å². The fourth-order valence-corrected chi connectivity index (χ4v) is 3.86. The molecule has 0 bridgehead atoms. The van der Waals surface area contributed by atoms with Gasteiger partial charge in [0.05, 0.1) is 5.41 Å². The van der Waals surface area contributed by atoms with Crippen LogP contribution in [0.3, 0.4) is 0 Å². The van der Waals surface area contributed by atoms with E-state index in [9.17, 15) is 23.1 Å². The Balaban J connectivity index is 2.20. The number of aromatic hydroxyl groups is 1. The molecule has 0 heterocycles. The first-order chi connectivity index (χ1) is 12.4. The van der Waals surface area contributed by atoms with Crippen molar-refractivity contribution in [3.05, 3.63) is 28.8 Å². The lowest BCUT2D eigenvalue weighted by Gasteiger charge is -2.31. The zero-order valence-electron chi connectivity index (χ0n) is 16.4. The van der Waals surface area contributed by atoms with E-state index in [4.69, 9.17) is 5.73 Å². The van der Waals surface area contributed by atoms with Crippen molar-refractivity contribution in [2.24, 2.45) is 17.1 Å². The Labute approximate surface area is 158 Å². The Bertz CT molecular complexity index is 674. The van der Waals surface area contributed by atoms with Crippen molar-refractivity contribution in [1.82, 2.24) is 4.90 Å². The van der Waals surface area contributed by atoms with Crippen molar-refractivity contribution in [3.8, 4) is 5.75 Å². The summed E-state index contributed by atoms with van der Waals surface area (Å²) in [7, 11) is 3.70. The third-order valence-corrected chi connectivity index (χ3v) is 5.90. The Morgan fingerprint density at radius 1 is 1.26 bits per heavy atom. The summed E-state index contributed by atoms with van der Waals surface area (Å²) >= 11 is 0. The first-order valence-corrected chi connectivity index (χ1v) is 9.18. The maximum absolute atomic E-state index is 13.3. The number of hydrogen-bond donors (Lipinski definition) is 2. The van der Waals surface area contributed by atoms with Gasteiger partial charge in [-0.1, -0.05) is 0 Å². The van der Waals surface area contributed by atoms with Crippen LogP contribution in [-0.4, -0.2) is 42.2 Å². The van der Waals surface area contributed by atoms with Gasteiger partial charge in [0, 0.05) is 12.0 Å². The van der Waals surface area contributed by atoms with Gasteiger partial charge in [0.2, 0.25) is 5.91 Å². The number of halogens is 3. The Morgan fingerprint density at radius 3 is 2.15 bits per heavy atom. The Kier molecular flexibility index (Phi) is 6.14. The molecule has 1 unspecified atom stereocenters. The highest BCUT2D eigenvalue weighted by Crippen LogP contribution is 2.61. The van der Waals surface area contributed by atoms with Crippen LogP contribution in [0.1, 0.15) is 42.4 Å². The highest BCUT2D eigenvalue weighted by molar-refractivity contribution is 5.76. The second kappa shape index (κ2) is 7.70. The van der Waals surface area contributed by atoms with Gasteiger partial charge in [-0.25, -0.2) is 0 Å². The molecule has 0 aliphatic heterocycles. The lowest BCUT2D eigenvalue weighted by molar-refractivity contribution is -0.192. The third kappa shape index (κ3) is 4.94. The van der Waals surface area contributed by atoms with Crippen LogP contribution in [-0.2, 0) is 11.2 Å². The van der Waals surface area contributed by atoms with Crippen molar-refractivity contribution >= 4 is 5.91 Å². The molecule has 152 valence electrons. The van der Waals surface area contributed by atoms with E-state index >= 15 is 0 Å². The second-order valence-corrected chi connectivity index (χ2v) is 8.20. The van der Waals surface area contributed by atoms with E-state index < -0.39 is 23.4 Å². The maximum Gasteiger partial charge on any atom is 0.394 e. The molecule has 0 radical (unpaired) electrons. The number of phenols is 1. The highest BCUT2D eigenvalue weighted by atomic mass is 19.4. The molecule has 1 aliphatic carbocycles. The minimum atomic E-state index is -4.29. The molecule has 1 aromatic rings. The van der Waals surface area contributed by atoms with Gasteiger partial charge in [0.25, 0.3) is 0 Å². The number of carbonyl (C=O) groups is 1. The normalized spacial score (nSPS) is 18.4. The summed E-state index contributed by atoms with van der Waals surface area (Å²) in [5.41, 5.74) is 6.61. The maximum atomic E-state index is 13.3. The third-order valence-electron chi connectivity index (χ3n) is 5.90. The van der Waals surface area contributed by atoms with Crippen LogP contribution in [0.2, 0.25) is 0 Å². The van der Waals surface area contributed by atoms with Crippen LogP contribution in [0.4, 0.5) is 13.2 Å². The molecule has 2 rings (SSSR count). The number of aryl methyl sites for hydroxylation is 2. The number of nitrogens with zero attached hydrogens (tertiary/aromatic N) is 1. The van der Waals surface area contributed by atoms with Gasteiger partial charge in [0.1, 0.15) is 5.75 Å². The van der Waals surface area contributed by atoms with Gasteiger partial charge in [-0.3, -0.25) is 4.79 Å². The molecular formula is C20H29F3N2O2. The molecule has 3 N–H and O–H groups in total. The summed E-state index contributed by atoms with van der Waals surface area (Å²) in [4.78, 5) is 13.8. The summed E-state index contributed by atoms with van der Waals surface area (Å²) in [5, 5.41) is 9.71. The van der Waals surface area contributed by atoms with Gasteiger partial charge in [-0.15, -0.1) is 0 Å². The fraction of sp³-hybridized carbons (Fsp3) is 0.650. The molecule has 2 atom stereocenters. The van der Waals surface area contributed by atoms with Gasteiger partial charge in [-0.05, 0) is 88.9 Å². The molecule has 1 fully saturated rings. The summed E-state index contributed by atoms with van der Waals surface area (Å²) < 4.78 is 40.0. The monoisotopic (exact) mass is 386 g/mol. The molecule has 1 amide bonds. The molecule has 7 heteroatoms. The molecule has 27 heavy (non-hydrogen) atoms. The standard InChI is InChI=1S/C20H29F3N2O2/c1-12-7-16(26)8-13(2)17(12)10-15(25(3)4)9-14(18(24)27)11-19(5-6-19)20(21,22)23/h7-8,14-15,26H,5-6,9-11H2,1-4H3,(H2,24,27)/t14?,15-/m0/s1. The van der Waals surface area contributed by atoms with E-state index in [0.29, 0.717) is 6.42 Å². The number of amides is 1.